The summed E-state index contributed by atoms with van der Waals surface area (Å²) in [6.07, 6.45) is 0. The quantitative estimate of drug-likeness (QED) is 0.519. The van der Waals surface area contributed by atoms with Gasteiger partial charge in [-0.2, -0.15) is 0 Å². The van der Waals surface area contributed by atoms with Gasteiger partial charge in [0.1, 0.15) is 6.54 Å². The summed E-state index contributed by atoms with van der Waals surface area (Å²) in [5.74, 6) is -0.273. The number of nitrogens with zero attached hydrogens (tertiary/aromatic N) is 2. The summed E-state index contributed by atoms with van der Waals surface area (Å²) in [6, 6.07) is 25.4. The molecule has 0 bridgehead atoms. The van der Waals surface area contributed by atoms with Gasteiger partial charge in [0, 0.05) is 41.3 Å². The van der Waals surface area contributed by atoms with Crippen molar-refractivity contribution in [3.63, 3.8) is 0 Å². The largest absolute Gasteiger partial charge is 0.350 e. The average molecular weight is 424 g/mol. The van der Waals surface area contributed by atoms with E-state index >= 15 is 0 Å². The SMILES string of the molecule is Cc1c(C2c3ccccc3C(=O)N2CC(=O)NCc2ccccc2)c2ccccc2n1C. The van der Waals surface area contributed by atoms with Crippen LogP contribution in [-0.4, -0.2) is 27.8 Å². The first-order valence-corrected chi connectivity index (χ1v) is 10.8. The van der Waals surface area contributed by atoms with Gasteiger partial charge in [-0.1, -0.05) is 66.7 Å². The molecule has 32 heavy (non-hydrogen) atoms. The summed E-state index contributed by atoms with van der Waals surface area (Å²) in [5.41, 5.74) is 5.94. The molecule has 2 heterocycles. The summed E-state index contributed by atoms with van der Waals surface area (Å²) >= 11 is 0. The molecule has 1 N–H and O–H groups in total. The molecule has 0 spiro atoms. The van der Waals surface area contributed by atoms with Crippen molar-refractivity contribution in [2.45, 2.75) is 19.5 Å². The van der Waals surface area contributed by atoms with Gasteiger partial charge < -0.3 is 14.8 Å². The van der Waals surface area contributed by atoms with Crippen LogP contribution in [0.1, 0.15) is 38.8 Å². The lowest BCUT2D eigenvalue weighted by Gasteiger charge is -2.26. The molecular formula is C27H25N3O2. The summed E-state index contributed by atoms with van der Waals surface area (Å²) in [7, 11) is 2.04. The van der Waals surface area contributed by atoms with Gasteiger partial charge in [0.15, 0.2) is 0 Å². The fourth-order valence-corrected chi connectivity index (χ4v) is 4.75. The van der Waals surface area contributed by atoms with E-state index in [0.717, 1.165) is 33.3 Å². The Kier molecular flexibility index (Phi) is 5.02. The van der Waals surface area contributed by atoms with Crippen LogP contribution in [0.5, 0.6) is 0 Å². The van der Waals surface area contributed by atoms with E-state index in [2.05, 4.69) is 28.9 Å². The van der Waals surface area contributed by atoms with Crippen molar-refractivity contribution < 1.29 is 9.59 Å². The molecule has 0 radical (unpaired) electrons. The minimum atomic E-state index is -0.299. The van der Waals surface area contributed by atoms with E-state index in [-0.39, 0.29) is 24.4 Å². The smallest absolute Gasteiger partial charge is 0.255 e. The van der Waals surface area contributed by atoms with Gasteiger partial charge in [0.2, 0.25) is 5.91 Å². The number of carbonyl (C=O) groups excluding carboxylic acids is 2. The van der Waals surface area contributed by atoms with Crippen molar-refractivity contribution in [3.05, 3.63) is 107 Å². The Bertz CT molecular complexity index is 1320. The molecule has 0 fully saturated rings. The fraction of sp³-hybridized carbons (Fsp3) is 0.185. The number of benzene rings is 3. The van der Waals surface area contributed by atoms with E-state index in [9.17, 15) is 9.59 Å². The van der Waals surface area contributed by atoms with Crippen molar-refractivity contribution in [2.24, 2.45) is 7.05 Å². The highest BCUT2D eigenvalue weighted by Gasteiger charge is 2.40. The van der Waals surface area contributed by atoms with Gasteiger partial charge >= 0.3 is 0 Å². The number of fused-ring (bicyclic) bond motifs is 2. The Morgan fingerprint density at radius 1 is 0.938 bits per heavy atom. The first kappa shape index (κ1) is 20.1. The standard InChI is InChI=1S/C27H25N3O2/c1-18-25(22-14-8-9-15-23(22)29(18)2)26-20-12-6-7-13-21(20)27(32)30(26)17-24(31)28-16-19-10-4-3-5-11-19/h3-15,26H,16-17H2,1-2H3,(H,28,31). The zero-order valence-corrected chi connectivity index (χ0v) is 18.2. The Morgan fingerprint density at radius 2 is 1.62 bits per heavy atom. The zero-order chi connectivity index (χ0) is 22.2. The molecule has 1 aliphatic heterocycles. The summed E-state index contributed by atoms with van der Waals surface area (Å²) in [5, 5.41) is 4.07. The van der Waals surface area contributed by atoms with Crippen LogP contribution in [0, 0.1) is 6.92 Å². The number of carbonyl (C=O) groups is 2. The number of aromatic nitrogens is 1. The molecule has 1 atom stereocenters. The summed E-state index contributed by atoms with van der Waals surface area (Å²) < 4.78 is 2.16. The molecule has 0 saturated heterocycles. The van der Waals surface area contributed by atoms with Crippen molar-refractivity contribution >= 4 is 22.7 Å². The number of hydrogen-bond acceptors (Lipinski definition) is 2. The Labute approximate surface area is 187 Å². The van der Waals surface area contributed by atoms with E-state index in [1.165, 1.54) is 0 Å². The lowest BCUT2D eigenvalue weighted by Crippen LogP contribution is -2.39. The Hall–Kier alpha value is -3.86. The van der Waals surface area contributed by atoms with Gasteiger partial charge in [-0.15, -0.1) is 0 Å². The molecule has 1 unspecified atom stereocenters. The number of para-hydroxylation sites is 1. The summed E-state index contributed by atoms with van der Waals surface area (Å²) in [6.45, 7) is 2.52. The molecule has 0 aliphatic carbocycles. The second kappa shape index (κ2) is 8.00. The normalized spacial score (nSPS) is 15.2. The monoisotopic (exact) mass is 423 g/mol. The third-order valence-corrected chi connectivity index (χ3v) is 6.43. The van der Waals surface area contributed by atoms with E-state index < -0.39 is 0 Å². The van der Waals surface area contributed by atoms with E-state index in [1.54, 1.807) is 4.90 Å². The zero-order valence-electron chi connectivity index (χ0n) is 18.2. The maximum Gasteiger partial charge on any atom is 0.255 e. The lowest BCUT2D eigenvalue weighted by atomic mass is 9.95. The summed E-state index contributed by atoms with van der Waals surface area (Å²) in [4.78, 5) is 28.0. The highest BCUT2D eigenvalue weighted by atomic mass is 16.2. The van der Waals surface area contributed by atoms with Crippen LogP contribution in [0.3, 0.4) is 0 Å². The molecular weight excluding hydrogens is 398 g/mol. The number of rotatable bonds is 5. The van der Waals surface area contributed by atoms with E-state index in [4.69, 9.17) is 0 Å². The molecule has 4 aromatic rings. The van der Waals surface area contributed by atoms with Crippen molar-refractivity contribution in [1.29, 1.82) is 0 Å². The molecule has 160 valence electrons. The van der Waals surface area contributed by atoms with Crippen LogP contribution in [0.15, 0.2) is 78.9 Å². The molecule has 1 aliphatic rings. The van der Waals surface area contributed by atoms with Gasteiger partial charge in [-0.05, 0) is 30.2 Å². The second-order valence-electron chi connectivity index (χ2n) is 8.26. The van der Waals surface area contributed by atoms with Gasteiger partial charge in [-0.3, -0.25) is 9.59 Å². The first-order valence-electron chi connectivity index (χ1n) is 10.8. The number of aryl methyl sites for hydroxylation is 1. The fourth-order valence-electron chi connectivity index (χ4n) is 4.75. The Morgan fingerprint density at radius 3 is 2.44 bits per heavy atom. The van der Waals surface area contributed by atoms with Crippen LogP contribution >= 0.6 is 0 Å². The molecule has 2 amide bonds. The van der Waals surface area contributed by atoms with Crippen molar-refractivity contribution in [1.82, 2.24) is 14.8 Å². The topological polar surface area (TPSA) is 54.3 Å². The number of amides is 2. The van der Waals surface area contributed by atoms with Crippen molar-refractivity contribution in [3.8, 4) is 0 Å². The predicted molar refractivity (Wildman–Crippen MR) is 125 cm³/mol. The molecule has 5 heteroatoms. The Balaban J connectivity index is 1.52. The van der Waals surface area contributed by atoms with Crippen LogP contribution in [0.2, 0.25) is 0 Å². The molecule has 1 aromatic heterocycles. The maximum absolute atomic E-state index is 13.4. The van der Waals surface area contributed by atoms with Crippen LogP contribution in [-0.2, 0) is 18.4 Å². The second-order valence-corrected chi connectivity index (χ2v) is 8.26. The van der Waals surface area contributed by atoms with Gasteiger partial charge in [0.05, 0.1) is 6.04 Å². The van der Waals surface area contributed by atoms with Crippen molar-refractivity contribution in [2.75, 3.05) is 6.54 Å². The highest BCUT2D eigenvalue weighted by Crippen LogP contribution is 2.43. The third-order valence-electron chi connectivity index (χ3n) is 6.43. The molecule has 0 saturated carbocycles. The highest BCUT2D eigenvalue weighted by molar-refractivity contribution is 6.02. The minimum Gasteiger partial charge on any atom is -0.350 e. The van der Waals surface area contributed by atoms with Crippen LogP contribution < -0.4 is 5.32 Å². The van der Waals surface area contributed by atoms with Gasteiger partial charge in [-0.25, -0.2) is 0 Å². The van der Waals surface area contributed by atoms with Crippen LogP contribution in [0.4, 0.5) is 0 Å². The molecule has 5 rings (SSSR count). The minimum absolute atomic E-state index is 0.00761. The number of nitrogens with one attached hydrogen (secondary N) is 1. The van der Waals surface area contributed by atoms with E-state index in [0.29, 0.717) is 12.1 Å². The molecule has 5 nitrogen and oxygen atoms in total. The first-order chi connectivity index (χ1) is 15.6. The maximum atomic E-state index is 13.4. The average Bonchev–Trinajstić information content (AvgIpc) is 3.24. The lowest BCUT2D eigenvalue weighted by molar-refractivity contribution is -0.122. The van der Waals surface area contributed by atoms with Gasteiger partial charge in [0.25, 0.3) is 5.91 Å². The third kappa shape index (κ3) is 3.26. The number of hydrogen-bond donors (Lipinski definition) is 1. The van der Waals surface area contributed by atoms with E-state index in [1.807, 2.05) is 73.8 Å². The predicted octanol–water partition coefficient (Wildman–Crippen LogP) is 4.35. The molecule has 3 aromatic carbocycles. The van der Waals surface area contributed by atoms with Crippen LogP contribution in [0.25, 0.3) is 10.9 Å².